The van der Waals surface area contributed by atoms with E-state index in [9.17, 15) is 4.79 Å². The molecule has 0 radical (unpaired) electrons. The molecular weight excluding hydrogens is 178 g/mol. The lowest BCUT2D eigenvalue weighted by Crippen LogP contribution is -2.49. The van der Waals surface area contributed by atoms with Crippen LogP contribution in [0.5, 0.6) is 0 Å². The maximum Gasteiger partial charge on any atom is 0.236 e. The van der Waals surface area contributed by atoms with Gasteiger partial charge in [-0.3, -0.25) is 9.69 Å². The van der Waals surface area contributed by atoms with Crippen LogP contribution in [0.3, 0.4) is 0 Å². The number of carbonyl (C=O) groups excluding carboxylic acids is 1. The van der Waals surface area contributed by atoms with Crippen LogP contribution < -0.4 is 0 Å². The van der Waals surface area contributed by atoms with E-state index in [0.29, 0.717) is 6.54 Å². The number of likely N-dealkylation sites (N-methyl/N-ethyl adjacent to an activating group) is 1. The van der Waals surface area contributed by atoms with Gasteiger partial charge >= 0.3 is 0 Å². The van der Waals surface area contributed by atoms with Crippen LogP contribution in [0.15, 0.2) is 0 Å². The minimum Gasteiger partial charge on any atom is -0.340 e. The number of piperazine rings is 1. The van der Waals surface area contributed by atoms with Gasteiger partial charge in [0.2, 0.25) is 5.91 Å². The lowest BCUT2D eigenvalue weighted by atomic mass is 10.3. The highest BCUT2D eigenvalue weighted by Crippen LogP contribution is 2.01. The highest BCUT2D eigenvalue weighted by atomic mass is 16.2. The second kappa shape index (κ2) is 5.32. The molecule has 0 aromatic rings. The Morgan fingerprint density at radius 2 is 2.07 bits per heavy atom. The Labute approximate surface area is 86.5 Å². The maximum atomic E-state index is 11.6. The molecule has 0 atom stereocenters. The van der Waals surface area contributed by atoms with Crippen LogP contribution in [0.4, 0.5) is 0 Å². The van der Waals surface area contributed by atoms with Gasteiger partial charge in [0.15, 0.2) is 0 Å². The number of hydrogen-bond donors (Lipinski definition) is 0. The first kappa shape index (κ1) is 11.5. The molecule has 0 aromatic heterocycles. The number of rotatable bonds is 4. The van der Waals surface area contributed by atoms with Crippen LogP contribution >= 0.6 is 0 Å². The van der Waals surface area contributed by atoms with Crippen molar-refractivity contribution in [3.05, 3.63) is 0 Å². The zero-order valence-electron chi connectivity index (χ0n) is 9.49. The molecule has 1 amide bonds. The second-order valence-corrected chi connectivity index (χ2v) is 4.28. The summed E-state index contributed by atoms with van der Waals surface area (Å²) in [6.07, 6.45) is 1.07. The van der Waals surface area contributed by atoms with Gasteiger partial charge in [-0.25, -0.2) is 0 Å². The lowest BCUT2D eigenvalue weighted by Gasteiger charge is -2.32. The monoisotopic (exact) mass is 199 g/mol. The van der Waals surface area contributed by atoms with Gasteiger partial charge in [-0.2, -0.15) is 0 Å². The first-order valence-corrected chi connectivity index (χ1v) is 5.20. The third-order valence-electron chi connectivity index (χ3n) is 2.54. The third-order valence-corrected chi connectivity index (χ3v) is 2.54. The molecule has 4 heteroatoms. The minimum absolute atomic E-state index is 0.275. The zero-order chi connectivity index (χ0) is 10.6. The molecule has 0 bridgehead atoms. The third kappa shape index (κ3) is 3.64. The van der Waals surface area contributed by atoms with Crippen molar-refractivity contribution in [3.63, 3.8) is 0 Å². The molecule has 14 heavy (non-hydrogen) atoms. The SMILES string of the molecule is CN(C)CCCN1CCN(C)CC1=O. The van der Waals surface area contributed by atoms with Gasteiger partial charge in [0, 0.05) is 19.6 Å². The van der Waals surface area contributed by atoms with Crippen LogP contribution in [0.1, 0.15) is 6.42 Å². The van der Waals surface area contributed by atoms with Crippen LogP contribution in [-0.2, 0) is 4.79 Å². The first-order valence-electron chi connectivity index (χ1n) is 5.20. The number of hydrogen-bond acceptors (Lipinski definition) is 3. The number of carbonyl (C=O) groups is 1. The molecule has 1 fully saturated rings. The molecule has 4 nitrogen and oxygen atoms in total. The second-order valence-electron chi connectivity index (χ2n) is 4.28. The molecule has 1 rings (SSSR count). The Balaban J connectivity index is 2.21. The van der Waals surface area contributed by atoms with E-state index in [1.807, 2.05) is 11.9 Å². The first-order chi connectivity index (χ1) is 6.59. The van der Waals surface area contributed by atoms with Crippen molar-refractivity contribution in [2.75, 3.05) is 53.9 Å². The van der Waals surface area contributed by atoms with Crippen molar-refractivity contribution in [2.45, 2.75) is 6.42 Å². The van der Waals surface area contributed by atoms with Gasteiger partial charge in [-0.1, -0.05) is 0 Å². The molecule has 1 heterocycles. The Hall–Kier alpha value is -0.610. The molecule has 1 aliphatic heterocycles. The van der Waals surface area contributed by atoms with E-state index >= 15 is 0 Å². The average Bonchev–Trinajstić information content (AvgIpc) is 2.08. The van der Waals surface area contributed by atoms with Gasteiger partial charge in [0.05, 0.1) is 6.54 Å². The van der Waals surface area contributed by atoms with Crippen molar-refractivity contribution in [1.29, 1.82) is 0 Å². The molecule has 1 saturated heterocycles. The zero-order valence-corrected chi connectivity index (χ0v) is 9.49. The number of amides is 1. The summed E-state index contributed by atoms with van der Waals surface area (Å²) in [5.74, 6) is 0.275. The van der Waals surface area contributed by atoms with Gasteiger partial charge < -0.3 is 9.80 Å². The largest absolute Gasteiger partial charge is 0.340 e. The van der Waals surface area contributed by atoms with Crippen molar-refractivity contribution < 1.29 is 4.79 Å². The van der Waals surface area contributed by atoms with Crippen LogP contribution in [0.2, 0.25) is 0 Å². The quantitative estimate of drug-likeness (QED) is 0.622. The Morgan fingerprint density at radius 3 is 2.64 bits per heavy atom. The predicted molar refractivity (Wildman–Crippen MR) is 57.2 cm³/mol. The minimum atomic E-state index is 0.275. The van der Waals surface area contributed by atoms with Crippen LogP contribution in [0.25, 0.3) is 0 Å². The fourth-order valence-corrected chi connectivity index (χ4v) is 1.64. The van der Waals surface area contributed by atoms with E-state index in [1.165, 1.54) is 0 Å². The van der Waals surface area contributed by atoms with Crippen LogP contribution in [0, 0.1) is 0 Å². The van der Waals surface area contributed by atoms with Crippen molar-refractivity contribution in [3.8, 4) is 0 Å². The molecule has 0 unspecified atom stereocenters. The van der Waals surface area contributed by atoms with E-state index in [4.69, 9.17) is 0 Å². The Morgan fingerprint density at radius 1 is 1.36 bits per heavy atom. The normalized spacial score (nSPS) is 19.4. The number of nitrogens with zero attached hydrogens (tertiary/aromatic N) is 3. The molecular formula is C10H21N3O. The van der Waals surface area contributed by atoms with E-state index in [-0.39, 0.29) is 5.91 Å². The summed E-state index contributed by atoms with van der Waals surface area (Å²) in [7, 11) is 6.12. The molecule has 1 aliphatic rings. The van der Waals surface area contributed by atoms with Gasteiger partial charge in [0.25, 0.3) is 0 Å². The molecule has 0 aromatic carbocycles. The van der Waals surface area contributed by atoms with Crippen molar-refractivity contribution >= 4 is 5.91 Å². The highest BCUT2D eigenvalue weighted by Gasteiger charge is 2.20. The lowest BCUT2D eigenvalue weighted by molar-refractivity contribution is -0.135. The molecule has 0 N–H and O–H groups in total. The van der Waals surface area contributed by atoms with E-state index in [1.54, 1.807) is 0 Å². The summed E-state index contributed by atoms with van der Waals surface area (Å²) < 4.78 is 0. The smallest absolute Gasteiger partial charge is 0.236 e. The van der Waals surface area contributed by atoms with Gasteiger partial charge in [-0.05, 0) is 34.1 Å². The molecule has 82 valence electrons. The summed E-state index contributed by atoms with van der Waals surface area (Å²) in [6.45, 7) is 4.45. The highest BCUT2D eigenvalue weighted by molar-refractivity contribution is 5.78. The maximum absolute atomic E-state index is 11.6. The van der Waals surface area contributed by atoms with Crippen LogP contribution in [-0.4, -0.2) is 74.5 Å². The summed E-state index contributed by atoms with van der Waals surface area (Å²) in [5, 5.41) is 0. The fourth-order valence-electron chi connectivity index (χ4n) is 1.64. The summed E-state index contributed by atoms with van der Waals surface area (Å²) >= 11 is 0. The molecule has 0 aliphatic carbocycles. The summed E-state index contributed by atoms with van der Waals surface area (Å²) in [6, 6.07) is 0. The summed E-state index contributed by atoms with van der Waals surface area (Å²) in [5.41, 5.74) is 0. The fraction of sp³-hybridized carbons (Fsp3) is 0.900. The summed E-state index contributed by atoms with van der Waals surface area (Å²) in [4.78, 5) is 17.8. The Bertz CT molecular complexity index is 194. The van der Waals surface area contributed by atoms with Gasteiger partial charge in [-0.15, -0.1) is 0 Å². The Kier molecular flexibility index (Phi) is 4.35. The standard InChI is InChI=1S/C10H21N3O/c1-11(2)5-4-6-13-8-7-12(3)9-10(13)14/h4-9H2,1-3H3. The van der Waals surface area contributed by atoms with E-state index in [0.717, 1.165) is 32.6 Å². The van der Waals surface area contributed by atoms with Crippen molar-refractivity contribution in [1.82, 2.24) is 14.7 Å². The topological polar surface area (TPSA) is 26.8 Å². The molecule has 0 saturated carbocycles. The molecule has 0 spiro atoms. The predicted octanol–water partition coefficient (Wildman–Crippen LogP) is -0.288. The van der Waals surface area contributed by atoms with E-state index < -0.39 is 0 Å². The average molecular weight is 199 g/mol. The van der Waals surface area contributed by atoms with Crippen molar-refractivity contribution in [2.24, 2.45) is 0 Å². The van der Waals surface area contributed by atoms with Gasteiger partial charge in [0.1, 0.15) is 0 Å². The van der Waals surface area contributed by atoms with E-state index in [2.05, 4.69) is 23.9 Å².